The van der Waals surface area contributed by atoms with E-state index in [0.29, 0.717) is 0 Å². The van der Waals surface area contributed by atoms with Gasteiger partial charge < -0.3 is 9.97 Å². The molecule has 2 N–H and O–H groups in total. The average Bonchev–Trinajstić information content (AvgIpc) is 3.56. The fourth-order valence-electron chi connectivity index (χ4n) is 5.03. The lowest BCUT2D eigenvalue weighted by Gasteiger charge is -1.97. The lowest BCUT2D eigenvalue weighted by atomic mass is 10.0. The maximum atomic E-state index is 5.03. The van der Waals surface area contributed by atoms with Crippen molar-refractivity contribution >= 4 is 22.1 Å². The van der Waals surface area contributed by atoms with Crippen LogP contribution in [0.15, 0.2) is 84.9 Å². The number of rotatable bonds is 0. The van der Waals surface area contributed by atoms with Gasteiger partial charge in [-0.05, 0) is 61.4 Å². The third kappa shape index (κ3) is 2.92. The molecule has 0 atom stereocenters. The number of benzene rings is 2. The molecule has 0 radical (unpaired) electrons. The van der Waals surface area contributed by atoms with Gasteiger partial charge in [0.1, 0.15) is 0 Å². The minimum atomic E-state index is 0.969. The van der Waals surface area contributed by atoms with Gasteiger partial charge in [0.25, 0.3) is 0 Å². The van der Waals surface area contributed by atoms with Crippen LogP contribution in [-0.2, 0) is 0 Å². The largest absolute Gasteiger partial charge is 0.355 e. The summed E-state index contributed by atoms with van der Waals surface area (Å²) in [7, 11) is 0. The minimum absolute atomic E-state index is 0.969. The summed E-state index contributed by atoms with van der Waals surface area (Å²) in [6.07, 6.45) is 0. The van der Waals surface area contributed by atoms with Crippen molar-refractivity contribution in [3.05, 3.63) is 96.1 Å². The first-order chi connectivity index (χ1) is 16.6. The van der Waals surface area contributed by atoms with Crippen LogP contribution in [0.25, 0.3) is 67.1 Å². The second-order valence-electron chi connectivity index (χ2n) is 9.08. The number of hydrogen-bond donors (Lipinski definition) is 2. The zero-order chi connectivity index (χ0) is 22.8. The zero-order valence-corrected chi connectivity index (χ0v) is 19.0. The molecule has 7 rings (SSSR count). The summed E-state index contributed by atoms with van der Waals surface area (Å²) in [6, 6.07) is 29.8. The van der Waals surface area contributed by atoms with Crippen molar-refractivity contribution in [2.24, 2.45) is 0 Å². The zero-order valence-electron chi connectivity index (χ0n) is 19.0. The summed E-state index contributed by atoms with van der Waals surface area (Å²) in [6.45, 7) is 4.26. The lowest BCUT2D eigenvalue weighted by Crippen LogP contribution is -1.76. The molecule has 0 aliphatic carbocycles. The van der Waals surface area contributed by atoms with E-state index in [2.05, 4.69) is 109 Å². The molecule has 0 unspecified atom stereocenters. The number of hydrogen-bond acceptors (Lipinski definition) is 2. The Bertz CT molecular complexity index is 1650. The molecule has 5 heterocycles. The van der Waals surface area contributed by atoms with Crippen molar-refractivity contribution in [1.29, 1.82) is 0 Å². The van der Waals surface area contributed by atoms with Gasteiger partial charge in [-0.15, -0.1) is 0 Å². The molecule has 8 bridgehead atoms. The molecule has 0 fully saturated rings. The van der Waals surface area contributed by atoms with E-state index in [9.17, 15) is 0 Å². The quantitative estimate of drug-likeness (QED) is 0.256. The van der Waals surface area contributed by atoms with Crippen LogP contribution >= 0.6 is 0 Å². The standard InChI is InChI=1S/C30H22N4/c1-17-11-19-13-27-22-8-4-6-10-24(22)30(34-27)16-26-18(2)12-20(32-26)14-28-21-7-3-5-9-23(21)29(33-28)15-25(17)31-19/h3-16,31-32H,1-2H3. The highest BCUT2D eigenvalue weighted by atomic mass is 14.8. The van der Waals surface area contributed by atoms with Crippen molar-refractivity contribution in [3.8, 4) is 45.0 Å². The van der Waals surface area contributed by atoms with Crippen LogP contribution in [0.3, 0.4) is 0 Å². The van der Waals surface area contributed by atoms with E-state index in [1.165, 1.54) is 11.1 Å². The Labute approximate surface area is 197 Å². The molecule has 34 heavy (non-hydrogen) atoms. The molecule has 0 saturated carbocycles. The number of nitrogens with zero attached hydrogens (tertiary/aromatic N) is 2. The molecule has 0 saturated heterocycles. The van der Waals surface area contributed by atoms with Crippen molar-refractivity contribution in [3.63, 3.8) is 0 Å². The molecule has 4 heteroatoms. The Morgan fingerprint density at radius 3 is 1.21 bits per heavy atom. The first kappa shape index (κ1) is 19.1. The monoisotopic (exact) mass is 438 g/mol. The van der Waals surface area contributed by atoms with E-state index in [-0.39, 0.29) is 0 Å². The van der Waals surface area contributed by atoms with Gasteiger partial charge in [-0.1, -0.05) is 48.5 Å². The first-order valence-corrected chi connectivity index (χ1v) is 11.5. The Hall–Kier alpha value is -4.44. The predicted molar refractivity (Wildman–Crippen MR) is 139 cm³/mol. The van der Waals surface area contributed by atoms with Crippen LogP contribution < -0.4 is 0 Å². The fourth-order valence-corrected chi connectivity index (χ4v) is 5.03. The number of fused-ring (bicyclic) bond motifs is 14. The summed E-state index contributed by atoms with van der Waals surface area (Å²) < 4.78 is 0. The molecule has 2 aliphatic rings. The molecule has 3 aromatic heterocycles. The molecule has 5 aromatic rings. The van der Waals surface area contributed by atoms with Crippen molar-refractivity contribution in [1.82, 2.24) is 19.9 Å². The molecule has 2 aliphatic heterocycles. The van der Waals surface area contributed by atoms with E-state index in [1.807, 2.05) is 0 Å². The molecule has 4 nitrogen and oxygen atoms in total. The Morgan fingerprint density at radius 2 is 0.824 bits per heavy atom. The Balaban J connectivity index is 1.64. The van der Waals surface area contributed by atoms with Gasteiger partial charge in [0.2, 0.25) is 0 Å². The molecule has 162 valence electrons. The number of aromatic amines is 2. The summed E-state index contributed by atoms with van der Waals surface area (Å²) in [5.41, 5.74) is 15.1. The van der Waals surface area contributed by atoms with Crippen LogP contribution in [0, 0.1) is 13.8 Å². The van der Waals surface area contributed by atoms with Crippen molar-refractivity contribution in [2.45, 2.75) is 13.8 Å². The Morgan fingerprint density at radius 1 is 0.471 bits per heavy atom. The van der Waals surface area contributed by atoms with Crippen LogP contribution in [0.4, 0.5) is 0 Å². The van der Waals surface area contributed by atoms with Crippen molar-refractivity contribution in [2.75, 3.05) is 0 Å². The maximum Gasteiger partial charge on any atom is 0.0737 e. The summed E-state index contributed by atoms with van der Waals surface area (Å²) in [4.78, 5) is 17.2. The molecule has 0 amide bonds. The topological polar surface area (TPSA) is 57.4 Å². The first-order valence-electron chi connectivity index (χ1n) is 11.5. The number of aryl methyl sites for hydroxylation is 2. The summed E-state index contributed by atoms with van der Waals surface area (Å²) in [5, 5.41) is 0. The van der Waals surface area contributed by atoms with E-state index < -0.39 is 0 Å². The highest BCUT2D eigenvalue weighted by Crippen LogP contribution is 2.38. The third-order valence-electron chi connectivity index (χ3n) is 6.74. The van der Waals surface area contributed by atoms with E-state index >= 15 is 0 Å². The van der Waals surface area contributed by atoms with Crippen LogP contribution in [0.5, 0.6) is 0 Å². The molecule has 2 aromatic carbocycles. The fraction of sp³-hybridized carbons (Fsp3) is 0.0667. The van der Waals surface area contributed by atoms with E-state index in [1.54, 1.807) is 0 Å². The normalized spacial score (nSPS) is 11.8. The van der Waals surface area contributed by atoms with Gasteiger partial charge >= 0.3 is 0 Å². The average molecular weight is 439 g/mol. The predicted octanol–water partition coefficient (Wildman–Crippen LogP) is 7.60. The second-order valence-corrected chi connectivity index (χ2v) is 9.08. The maximum absolute atomic E-state index is 5.03. The highest BCUT2D eigenvalue weighted by molar-refractivity contribution is 5.90. The molecular formula is C30H22N4. The Kier molecular flexibility index (Phi) is 3.94. The van der Waals surface area contributed by atoms with Crippen molar-refractivity contribution < 1.29 is 0 Å². The van der Waals surface area contributed by atoms with Gasteiger partial charge in [-0.3, -0.25) is 0 Å². The van der Waals surface area contributed by atoms with Crippen LogP contribution in [-0.4, -0.2) is 19.9 Å². The summed E-state index contributed by atoms with van der Waals surface area (Å²) >= 11 is 0. The summed E-state index contributed by atoms with van der Waals surface area (Å²) in [5.74, 6) is 0. The van der Waals surface area contributed by atoms with Gasteiger partial charge in [-0.25, -0.2) is 9.97 Å². The lowest BCUT2D eigenvalue weighted by molar-refractivity contribution is 1.39. The minimum Gasteiger partial charge on any atom is -0.355 e. The smallest absolute Gasteiger partial charge is 0.0737 e. The van der Waals surface area contributed by atoms with Gasteiger partial charge in [0.15, 0.2) is 0 Å². The number of H-pyrrole nitrogens is 2. The van der Waals surface area contributed by atoms with Gasteiger partial charge in [-0.2, -0.15) is 0 Å². The second kappa shape index (κ2) is 7.03. The van der Waals surface area contributed by atoms with Crippen LogP contribution in [0.1, 0.15) is 11.1 Å². The number of aromatic nitrogens is 4. The highest BCUT2D eigenvalue weighted by Gasteiger charge is 2.17. The van der Waals surface area contributed by atoms with Crippen LogP contribution in [0.2, 0.25) is 0 Å². The SMILES string of the molecule is Cc1cc2cc3nc(cc4[nH]c(cc5nc(cc1[nH]2)-c1ccccc1-5)cc4C)-c1ccccc1-3. The van der Waals surface area contributed by atoms with E-state index in [0.717, 1.165) is 67.1 Å². The van der Waals surface area contributed by atoms with Gasteiger partial charge in [0, 0.05) is 44.3 Å². The van der Waals surface area contributed by atoms with Gasteiger partial charge in [0.05, 0.1) is 22.8 Å². The molecule has 0 spiro atoms. The van der Waals surface area contributed by atoms with E-state index in [4.69, 9.17) is 9.97 Å². The number of nitrogens with one attached hydrogen (secondary N) is 2. The third-order valence-corrected chi connectivity index (χ3v) is 6.74. The molecular weight excluding hydrogens is 416 g/mol.